The maximum Gasteiger partial charge on any atom is 0.472 e. The fourth-order valence-corrected chi connectivity index (χ4v) is 7.21. The third-order valence-electron chi connectivity index (χ3n) is 10.00. The number of phosphoric acid groups is 1. The van der Waals surface area contributed by atoms with E-state index in [0.29, 0.717) is 13.0 Å². The molecule has 0 aliphatic rings. The Hall–Kier alpha value is -2.58. The largest absolute Gasteiger partial charge is 0.472 e. The van der Waals surface area contributed by atoms with Crippen LogP contribution in [0.4, 0.5) is 0 Å². The molecule has 0 fully saturated rings. The van der Waals surface area contributed by atoms with E-state index in [-0.39, 0.29) is 32.3 Å². The summed E-state index contributed by atoms with van der Waals surface area (Å²) in [6, 6.07) is 0. The first-order chi connectivity index (χ1) is 30.4. The molecule has 0 aromatic rings. The molecule has 0 aromatic carbocycles. The molecule has 0 saturated heterocycles. The van der Waals surface area contributed by atoms with Crippen molar-refractivity contribution in [3.8, 4) is 0 Å². The molecule has 0 spiro atoms. The summed E-state index contributed by atoms with van der Waals surface area (Å²) in [7, 11) is -4.29. The SMILES string of the molecule is CC/C=C\C/C=C\C/C=C\C/C=C\C/C=C\CCCCCCCCCCCCOCC(COP(=O)(O)OCCN)OC(=O)CCCCCCCCC/C=C\C/C=C\C/C=C\CC. The van der Waals surface area contributed by atoms with E-state index in [1.165, 1.54) is 83.5 Å². The number of nitrogens with two attached hydrogens (primary N) is 1. The predicted octanol–water partition coefficient (Wildman–Crippen LogP) is 15.4. The molecule has 2 atom stereocenters. The fraction of sp³-hybridized carbons (Fsp3) is 0.679. The highest BCUT2D eigenvalue weighted by Crippen LogP contribution is 2.43. The van der Waals surface area contributed by atoms with E-state index in [1.807, 2.05) is 0 Å². The number of unbranched alkanes of at least 4 members (excludes halogenated alkanes) is 17. The minimum Gasteiger partial charge on any atom is -0.457 e. The molecule has 3 N–H and O–H groups in total. The van der Waals surface area contributed by atoms with Crippen LogP contribution in [-0.4, -0.2) is 49.9 Å². The first kappa shape index (κ1) is 59.4. The number of hydrogen-bond acceptors (Lipinski definition) is 7. The first-order valence-corrected chi connectivity index (χ1v) is 26.2. The van der Waals surface area contributed by atoms with Gasteiger partial charge in [-0.2, -0.15) is 0 Å². The van der Waals surface area contributed by atoms with Crippen LogP contribution in [0.2, 0.25) is 0 Å². The predicted molar refractivity (Wildman–Crippen MR) is 265 cm³/mol. The lowest BCUT2D eigenvalue weighted by atomic mass is 10.1. The Balaban J connectivity index is 3.98. The Labute approximate surface area is 380 Å². The van der Waals surface area contributed by atoms with E-state index in [4.69, 9.17) is 24.3 Å². The lowest BCUT2D eigenvalue weighted by Crippen LogP contribution is -2.28. The lowest BCUT2D eigenvalue weighted by Gasteiger charge is -2.20. The van der Waals surface area contributed by atoms with Gasteiger partial charge in [0.1, 0.15) is 6.10 Å². The van der Waals surface area contributed by atoms with Crippen LogP contribution in [-0.2, 0) is 27.9 Å². The summed E-state index contributed by atoms with van der Waals surface area (Å²) in [6.07, 6.45) is 65.8. The molecule has 0 aromatic heterocycles. The number of phosphoric ester groups is 1. The van der Waals surface area contributed by atoms with Gasteiger partial charge >= 0.3 is 13.8 Å². The third kappa shape index (κ3) is 48.5. The standard InChI is InChI=1S/C53H92NO7P/c1-3-5-7-9-11-13-15-17-19-21-22-23-24-25-26-27-28-29-31-33-35-37-39-41-43-45-48-58-50-52(51-60-62(56,57)59-49-47-54)61-53(55)46-44-42-40-38-36-34-32-30-20-18-16-14-12-10-8-6-4-2/h5-8,11-14,17-20,22-23,25-26,52H,3-4,9-10,15-16,21,24,27-51,54H2,1-2H3,(H,56,57)/b7-5-,8-6-,13-11-,14-12-,19-17-,20-18-,23-22-,26-25-. The topological polar surface area (TPSA) is 117 Å². The van der Waals surface area contributed by atoms with Crippen LogP contribution in [0, 0.1) is 0 Å². The molecule has 0 bridgehead atoms. The monoisotopic (exact) mass is 886 g/mol. The first-order valence-electron chi connectivity index (χ1n) is 24.7. The molecule has 356 valence electrons. The summed E-state index contributed by atoms with van der Waals surface area (Å²) in [6.45, 7) is 4.66. The summed E-state index contributed by atoms with van der Waals surface area (Å²) >= 11 is 0. The second-order valence-electron chi connectivity index (χ2n) is 15.9. The van der Waals surface area contributed by atoms with Gasteiger partial charge < -0.3 is 20.1 Å². The van der Waals surface area contributed by atoms with Crippen molar-refractivity contribution in [1.29, 1.82) is 0 Å². The van der Waals surface area contributed by atoms with Gasteiger partial charge in [0.2, 0.25) is 0 Å². The smallest absolute Gasteiger partial charge is 0.457 e. The van der Waals surface area contributed by atoms with Gasteiger partial charge in [0.05, 0.1) is 19.8 Å². The molecule has 8 nitrogen and oxygen atoms in total. The van der Waals surface area contributed by atoms with Crippen LogP contribution in [0.3, 0.4) is 0 Å². The van der Waals surface area contributed by atoms with E-state index < -0.39 is 13.9 Å². The molecule has 9 heteroatoms. The highest BCUT2D eigenvalue weighted by Gasteiger charge is 2.25. The maximum atomic E-state index is 12.6. The summed E-state index contributed by atoms with van der Waals surface area (Å²) in [5.74, 6) is -0.345. The molecule has 2 unspecified atom stereocenters. The number of carbonyl (C=O) groups excluding carboxylic acids is 1. The zero-order chi connectivity index (χ0) is 45.1. The minimum atomic E-state index is -4.29. The lowest BCUT2D eigenvalue weighted by molar-refractivity contribution is -0.154. The average molecular weight is 886 g/mol. The van der Waals surface area contributed by atoms with Gasteiger partial charge in [0.25, 0.3) is 0 Å². The van der Waals surface area contributed by atoms with Gasteiger partial charge in [-0.15, -0.1) is 0 Å². The molecule has 0 rings (SSSR count). The number of rotatable bonds is 46. The normalized spacial score (nSPS) is 14.2. The molecular formula is C53H92NO7P. The summed E-state index contributed by atoms with van der Waals surface area (Å²) in [5, 5.41) is 0. The Bertz CT molecular complexity index is 1270. The Morgan fingerprint density at radius 2 is 0.855 bits per heavy atom. The van der Waals surface area contributed by atoms with Crippen LogP contribution in [0.15, 0.2) is 97.2 Å². The summed E-state index contributed by atoms with van der Waals surface area (Å²) in [4.78, 5) is 22.6. The van der Waals surface area contributed by atoms with Crippen molar-refractivity contribution in [1.82, 2.24) is 0 Å². The van der Waals surface area contributed by atoms with Crippen molar-refractivity contribution in [3.63, 3.8) is 0 Å². The second kappa shape index (κ2) is 49.4. The van der Waals surface area contributed by atoms with E-state index in [0.717, 1.165) is 89.9 Å². The van der Waals surface area contributed by atoms with Gasteiger partial charge in [-0.3, -0.25) is 13.8 Å². The number of esters is 1. The molecule has 0 saturated carbocycles. The Morgan fingerprint density at radius 3 is 1.27 bits per heavy atom. The molecular weight excluding hydrogens is 794 g/mol. The third-order valence-corrected chi connectivity index (χ3v) is 11.0. The van der Waals surface area contributed by atoms with Crippen molar-refractivity contribution >= 4 is 13.8 Å². The van der Waals surface area contributed by atoms with Crippen molar-refractivity contribution in [2.24, 2.45) is 5.73 Å². The fourth-order valence-electron chi connectivity index (χ4n) is 6.45. The molecule has 0 aliphatic heterocycles. The van der Waals surface area contributed by atoms with Crippen LogP contribution in [0.5, 0.6) is 0 Å². The Morgan fingerprint density at radius 1 is 0.484 bits per heavy atom. The van der Waals surface area contributed by atoms with Crippen molar-refractivity contribution in [2.45, 2.75) is 200 Å². The average Bonchev–Trinajstić information content (AvgIpc) is 3.26. The van der Waals surface area contributed by atoms with Crippen LogP contribution in [0.25, 0.3) is 0 Å². The maximum absolute atomic E-state index is 12.6. The quantitative estimate of drug-likeness (QED) is 0.0269. The van der Waals surface area contributed by atoms with Crippen molar-refractivity contribution < 1.29 is 32.8 Å². The van der Waals surface area contributed by atoms with E-state index in [2.05, 4.69) is 111 Å². The second-order valence-corrected chi connectivity index (χ2v) is 17.4. The molecule has 0 amide bonds. The zero-order valence-corrected chi connectivity index (χ0v) is 40.5. The summed E-state index contributed by atoms with van der Waals surface area (Å²) in [5.41, 5.74) is 5.38. The Kier molecular flexibility index (Phi) is 47.4. The van der Waals surface area contributed by atoms with Gasteiger partial charge in [0, 0.05) is 19.6 Å². The van der Waals surface area contributed by atoms with Gasteiger partial charge in [-0.1, -0.05) is 195 Å². The summed E-state index contributed by atoms with van der Waals surface area (Å²) < 4.78 is 33.5. The van der Waals surface area contributed by atoms with Crippen molar-refractivity contribution in [3.05, 3.63) is 97.2 Å². The number of allylic oxidation sites excluding steroid dienone is 16. The molecule has 62 heavy (non-hydrogen) atoms. The van der Waals surface area contributed by atoms with E-state index in [9.17, 15) is 14.3 Å². The number of hydrogen-bond donors (Lipinski definition) is 2. The zero-order valence-electron chi connectivity index (χ0n) is 39.6. The van der Waals surface area contributed by atoms with Gasteiger partial charge in [-0.05, 0) is 89.9 Å². The van der Waals surface area contributed by atoms with Crippen LogP contribution >= 0.6 is 7.82 Å². The highest BCUT2D eigenvalue weighted by molar-refractivity contribution is 7.47. The number of ether oxygens (including phenoxy) is 2. The highest BCUT2D eigenvalue weighted by atomic mass is 31.2. The number of carbonyl (C=O) groups is 1. The van der Waals surface area contributed by atoms with E-state index >= 15 is 0 Å². The van der Waals surface area contributed by atoms with E-state index in [1.54, 1.807) is 0 Å². The van der Waals surface area contributed by atoms with Crippen molar-refractivity contribution in [2.75, 3.05) is 33.0 Å². The van der Waals surface area contributed by atoms with Crippen LogP contribution in [0.1, 0.15) is 194 Å². The van der Waals surface area contributed by atoms with Gasteiger partial charge in [-0.25, -0.2) is 4.57 Å². The minimum absolute atomic E-state index is 0.0928. The van der Waals surface area contributed by atoms with Gasteiger partial charge in [0.15, 0.2) is 0 Å². The molecule has 0 aliphatic carbocycles. The molecule has 0 heterocycles. The molecule has 0 radical (unpaired) electrons. The van der Waals surface area contributed by atoms with Crippen LogP contribution < -0.4 is 5.73 Å².